The molecule has 0 spiro atoms. The van der Waals surface area contributed by atoms with E-state index in [2.05, 4.69) is 20.8 Å². The quantitative estimate of drug-likeness (QED) is 0.0479. The zero-order valence-electron chi connectivity index (χ0n) is 36.4. The van der Waals surface area contributed by atoms with Crippen LogP contribution in [0.2, 0.25) is 11.4 Å². The van der Waals surface area contributed by atoms with Gasteiger partial charge in [-0.05, 0) is 123 Å². The van der Waals surface area contributed by atoms with Gasteiger partial charge in [-0.3, -0.25) is 9.59 Å². The Labute approximate surface area is 389 Å². The lowest BCUT2D eigenvalue weighted by Gasteiger charge is -2.46. The predicted octanol–water partition coefficient (Wildman–Crippen LogP) is 10.2. The highest BCUT2D eigenvalue weighted by molar-refractivity contribution is 14.1. The van der Waals surface area contributed by atoms with Crippen LogP contribution in [0.3, 0.4) is 0 Å². The smallest absolute Gasteiger partial charge is 0.455 e. The topological polar surface area (TPSA) is 106 Å². The maximum absolute atomic E-state index is 14.6. The average Bonchev–Trinajstić information content (AvgIpc) is 3.51. The SMILES string of the molecule is CC/C(=C\c1cc(I)c(O)c(OC)c1)CC[C@H]1OB(O)C[C@H]2C1=C(CO[Si](c1ccccc1)(c1ccccc1)C(C)(C)C)C[C@H]1C(=O)N(c3cc(C(F)(F)F)cc(C(F)(F)F)c3)C(=O)[C@H]12. The Kier molecular flexibility index (Phi) is 13.9. The molecule has 2 fully saturated rings. The average molecular weight is 1030 g/mol. The standard InChI is InChI=1S/C48H49BF6INO7Si/c1-6-28(19-29-20-38(56)43(58)40(21-29)62-5)17-18-39-41-30(27-63-65(46(2,3)4,34-13-9-7-10-14-34)35-15-11-8-12-16-35)22-36-42(37(41)26-49(61)64-39)45(60)57(44(36)59)33-24-31(47(50,51)52)23-32(25-33)48(53,54)55/h7-16,19-21,23-25,36-37,39,42,58,61H,6,17-18,22,26-27H2,1-5H3/b28-19+/t36-,37+,39-,42-/m1/s1. The minimum absolute atomic E-state index is 0.0154. The van der Waals surface area contributed by atoms with E-state index in [0.717, 1.165) is 21.5 Å². The number of carbonyl (C=O) groups excluding carboxylic acids is 2. The molecule has 7 rings (SSSR count). The molecule has 3 aliphatic rings. The van der Waals surface area contributed by atoms with Gasteiger partial charge >= 0.3 is 19.5 Å². The number of alkyl halides is 6. The number of hydrogen-bond donors (Lipinski definition) is 2. The number of nitrogens with zero attached hydrogens (tertiary/aromatic N) is 1. The molecule has 2 N–H and O–H groups in total. The molecule has 17 heteroatoms. The second kappa shape index (κ2) is 18.7. The van der Waals surface area contributed by atoms with Crippen LogP contribution in [-0.4, -0.2) is 57.2 Å². The van der Waals surface area contributed by atoms with Crippen molar-refractivity contribution < 1.29 is 59.9 Å². The Morgan fingerprint density at radius 2 is 1.48 bits per heavy atom. The first-order chi connectivity index (χ1) is 30.6. The number of halogens is 7. The molecule has 4 aromatic rings. The number of hydrogen-bond acceptors (Lipinski definition) is 7. The molecule has 0 aromatic heterocycles. The van der Waals surface area contributed by atoms with Crippen LogP contribution in [0.15, 0.2) is 108 Å². The minimum atomic E-state index is -5.22. The molecule has 65 heavy (non-hydrogen) atoms. The van der Waals surface area contributed by atoms with Crippen molar-refractivity contribution in [2.24, 2.45) is 17.8 Å². The van der Waals surface area contributed by atoms with E-state index in [4.69, 9.17) is 13.8 Å². The van der Waals surface area contributed by atoms with E-state index in [9.17, 15) is 46.1 Å². The lowest BCUT2D eigenvalue weighted by molar-refractivity contribution is -0.143. The molecule has 4 atom stereocenters. The number of ether oxygens (including phenoxy) is 1. The number of phenols is 1. The first kappa shape index (κ1) is 48.5. The number of aromatic hydroxyl groups is 1. The number of allylic oxidation sites excluding steroid dienone is 1. The maximum Gasteiger partial charge on any atom is 0.455 e. The Balaban J connectivity index is 1.34. The van der Waals surface area contributed by atoms with Crippen molar-refractivity contribution >= 4 is 72.0 Å². The number of carbonyl (C=O) groups is 2. The van der Waals surface area contributed by atoms with E-state index in [1.807, 2.05) is 102 Å². The van der Waals surface area contributed by atoms with Gasteiger partial charge < -0.3 is 23.9 Å². The van der Waals surface area contributed by atoms with Crippen LogP contribution in [0.4, 0.5) is 32.0 Å². The molecule has 0 radical (unpaired) electrons. The Morgan fingerprint density at radius 1 is 0.892 bits per heavy atom. The predicted molar refractivity (Wildman–Crippen MR) is 247 cm³/mol. The van der Waals surface area contributed by atoms with Crippen LogP contribution < -0.4 is 20.0 Å². The van der Waals surface area contributed by atoms with Crippen LogP contribution in [-0.2, 0) is 31.0 Å². The summed E-state index contributed by atoms with van der Waals surface area (Å²) >= 11 is 2.02. The summed E-state index contributed by atoms with van der Waals surface area (Å²) in [7, 11) is -3.20. The summed E-state index contributed by atoms with van der Waals surface area (Å²) in [5, 5.41) is 23.3. The third-order valence-electron chi connectivity index (χ3n) is 12.8. The first-order valence-electron chi connectivity index (χ1n) is 21.3. The zero-order valence-corrected chi connectivity index (χ0v) is 39.6. The van der Waals surface area contributed by atoms with Crippen molar-refractivity contribution in [3.63, 3.8) is 0 Å². The van der Waals surface area contributed by atoms with E-state index >= 15 is 0 Å². The molecule has 0 bridgehead atoms. The largest absolute Gasteiger partial charge is 0.504 e. The molecule has 4 aromatic carbocycles. The van der Waals surface area contributed by atoms with Crippen molar-refractivity contribution in [3.05, 3.63) is 128 Å². The van der Waals surface area contributed by atoms with Gasteiger partial charge in [0.2, 0.25) is 11.8 Å². The van der Waals surface area contributed by atoms with E-state index in [1.165, 1.54) is 7.11 Å². The van der Waals surface area contributed by atoms with Crippen molar-refractivity contribution in [1.29, 1.82) is 0 Å². The summed E-state index contributed by atoms with van der Waals surface area (Å²) in [5.74, 6) is -4.82. The van der Waals surface area contributed by atoms with Crippen molar-refractivity contribution in [2.75, 3.05) is 18.6 Å². The molecule has 0 saturated carbocycles. The number of methoxy groups -OCH3 is 1. The van der Waals surface area contributed by atoms with Crippen LogP contribution in [0, 0.1) is 21.3 Å². The van der Waals surface area contributed by atoms with Gasteiger partial charge in [0, 0.05) is 0 Å². The molecule has 1 aliphatic carbocycles. The normalized spacial score (nSPS) is 20.9. The summed E-state index contributed by atoms with van der Waals surface area (Å²) < 4.78 is 104. The highest BCUT2D eigenvalue weighted by Gasteiger charge is 2.59. The first-order valence-corrected chi connectivity index (χ1v) is 24.3. The zero-order chi connectivity index (χ0) is 47.2. The third kappa shape index (κ3) is 9.58. The van der Waals surface area contributed by atoms with Crippen LogP contribution in [0.5, 0.6) is 11.5 Å². The Hall–Kier alpha value is -4.43. The van der Waals surface area contributed by atoms with Gasteiger partial charge in [-0.15, -0.1) is 0 Å². The van der Waals surface area contributed by atoms with Crippen LogP contribution in [0.1, 0.15) is 70.1 Å². The van der Waals surface area contributed by atoms with E-state index in [1.54, 1.807) is 6.07 Å². The number of amides is 2. The number of benzene rings is 4. The summed E-state index contributed by atoms with van der Waals surface area (Å²) in [6.45, 7) is 8.25. The number of fused-ring (bicyclic) bond motifs is 3. The highest BCUT2D eigenvalue weighted by atomic mass is 127. The van der Waals surface area contributed by atoms with Crippen molar-refractivity contribution in [3.8, 4) is 11.5 Å². The summed E-state index contributed by atoms with van der Waals surface area (Å²) in [5.41, 5.74) is -1.11. The molecular weight excluding hydrogens is 982 g/mol. The molecule has 2 amide bonds. The van der Waals surface area contributed by atoms with Crippen molar-refractivity contribution in [2.45, 2.75) is 83.2 Å². The lowest BCUT2D eigenvalue weighted by atomic mass is 9.58. The van der Waals surface area contributed by atoms with Gasteiger partial charge in [-0.2, -0.15) is 26.3 Å². The number of phenolic OH excluding ortho intramolecular Hbond substituents is 1. The summed E-state index contributed by atoms with van der Waals surface area (Å²) in [6.07, 6.45) is -8.13. The van der Waals surface area contributed by atoms with E-state index < -0.39 is 85.3 Å². The third-order valence-corrected chi connectivity index (χ3v) is 18.6. The Morgan fingerprint density at radius 3 is 2.00 bits per heavy atom. The maximum atomic E-state index is 14.6. The van der Waals surface area contributed by atoms with Crippen LogP contribution in [0.25, 0.3) is 6.08 Å². The van der Waals surface area contributed by atoms with Gasteiger partial charge in [0.15, 0.2) is 11.5 Å². The molecule has 2 aliphatic heterocycles. The molecular formula is C48H49BF6INO7Si. The van der Waals surface area contributed by atoms with E-state index in [-0.39, 0.29) is 31.2 Å². The lowest BCUT2D eigenvalue weighted by Crippen LogP contribution is -2.66. The monoisotopic (exact) mass is 1030 g/mol. The highest BCUT2D eigenvalue weighted by Crippen LogP contribution is 2.53. The second-order valence-corrected chi connectivity index (χ2v) is 23.3. The molecule has 8 nitrogen and oxygen atoms in total. The second-order valence-electron chi connectivity index (χ2n) is 17.8. The summed E-state index contributed by atoms with van der Waals surface area (Å²) in [6, 6.07) is 23.9. The minimum Gasteiger partial charge on any atom is -0.504 e. The van der Waals surface area contributed by atoms with E-state index in [0.29, 0.717) is 56.8 Å². The molecule has 344 valence electrons. The molecule has 0 unspecified atom stereocenters. The fourth-order valence-electron chi connectivity index (χ4n) is 9.91. The fourth-order valence-corrected chi connectivity index (χ4v) is 15.1. The number of rotatable bonds is 12. The number of imide groups is 1. The fraction of sp³-hybridized carbons (Fsp3) is 0.375. The van der Waals surface area contributed by atoms with Gasteiger partial charge in [0.25, 0.3) is 8.32 Å². The molecule has 2 heterocycles. The summed E-state index contributed by atoms with van der Waals surface area (Å²) in [4.78, 5) is 29.6. The van der Waals surface area contributed by atoms with Gasteiger partial charge in [-0.25, -0.2) is 4.90 Å². The number of anilines is 1. The van der Waals surface area contributed by atoms with Gasteiger partial charge in [0.05, 0.1) is 52.0 Å². The van der Waals surface area contributed by atoms with Crippen molar-refractivity contribution in [1.82, 2.24) is 0 Å². The van der Waals surface area contributed by atoms with Gasteiger partial charge in [-0.1, -0.05) is 100 Å². The molecule has 2 saturated heterocycles. The Bertz CT molecular complexity index is 2420. The van der Waals surface area contributed by atoms with Gasteiger partial charge in [0.1, 0.15) is 0 Å². The van der Waals surface area contributed by atoms with Crippen LogP contribution >= 0.6 is 22.6 Å².